The van der Waals surface area contributed by atoms with Gasteiger partial charge in [0.2, 0.25) is 5.69 Å². The summed E-state index contributed by atoms with van der Waals surface area (Å²) in [6, 6.07) is 4.20. The van der Waals surface area contributed by atoms with Crippen molar-refractivity contribution in [2.75, 3.05) is 0 Å². The van der Waals surface area contributed by atoms with Gasteiger partial charge in [0.15, 0.2) is 5.69 Å². The first-order valence-corrected chi connectivity index (χ1v) is 4.13. The molecule has 0 aromatic carbocycles. The van der Waals surface area contributed by atoms with Gasteiger partial charge in [-0.15, -0.1) is 0 Å². The van der Waals surface area contributed by atoms with Crippen LogP contribution in [0.4, 0.5) is 0 Å². The lowest BCUT2D eigenvalue weighted by atomic mass is 10.3. The summed E-state index contributed by atoms with van der Waals surface area (Å²) in [6.07, 6.45) is 4.22. The average molecular weight is 288 g/mol. The van der Waals surface area contributed by atoms with Crippen molar-refractivity contribution in [2.45, 2.75) is 13.8 Å². The van der Waals surface area contributed by atoms with E-state index < -0.39 is 0 Å². The Labute approximate surface area is 95.2 Å². The summed E-state index contributed by atoms with van der Waals surface area (Å²) in [5.41, 5.74) is 3.86. The highest BCUT2D eigenvalue weighted by Gasteiger charge is 2.09. The highest BCUT2D eigenvalue weighted by Crippen LogP contribution is 2.07. The summed E-state index contributed by atoms with van der Waals surface area (Å²) in [5.74, 6) is 0. The minimum atomic E-state index is 0. The Hall–Kier alpha value is -0.580. The fraction of sp³-hybridized carbons (Fsp3) is 0.300. The molecule has 3 heteroatoms. The Morgan fingerprint density at radius 3 is 2.69 bits per heavy atom. The number of fused-ring (bicyclic) bond motifs is 1. The zero-order chi connectivity index (χ0) is 8.72. The Morgan fingerprint density at radius 1 is 1.31 bits per heavy atom. The number of rotatable bonds is 0. The minimum absolute atomic E-state index is 0. The van der Waals surface area contributed by atoms with E-state index in [9.17, 15) is 0 Å². The van der Waals surface area contributed by atoms with Crippen LogP contribution in [0.3, 0.4) is 0 Å². The van der Waals surface area contributed by atoms with E-state index in [4.69, 9.17) is 0 Å². The number of nitrogens with zero attached hydrogens (tertiary/aromatic N) is 2. The monoisotopic (exact) mass is 288 g/mol. The molecule has 0 fully saturated rings. The largest absolute Gasteiger partial charge is 1.00 e. The van der Waals surface area contributed by atoms with Gasteiger partial charge < -0.3 is 28.4 Å². The number of hydrogen-bond donors (Lipinski definition) is 0. The van der Waals surface area contributed by atoms with Crippen LogP contribution < -0.4 is 28.5 Å². The third-order valence-corrected chi connectivity index (χ3v) is 2.51. The Bertz CT molecular complexity index is 432. The van der Waals surface area contributed by atoms with Crippen LogP contribution in [0, 0.1) is 13.8 Å². The average Bonchev–Trinajstić information content (AvgIpc) is 2.48. The normalized spacial score (nSPS) is 10.1. The fourth-order valence-electron chi connectivity index (χ4n) is 1.54. The van der Waals surface area contributed by atoms with Gasteiger partial charge in [0, 0.05) is 20.0 Å². The fourth-order valence-corrected chi connectivity index (χ4v) is 1.54. The summed E-state index contributed by atoms with van der Waals surface area (Å²) in [5, 5.41) is 0. The second-order valence-corrected chi connectivity index (χ2v) is 3.22. The van der Waals surface area contributed by atoms with Crippen LogP contribution in [0.1, 0.15) is 11.4 Å². The molecular formula is C10H13IN2. The van der Waals surface area contributed by atoms with E-state index >= 15 is 0 Å². The van der Waals surface area contributed by atoms with Crippen molar-refractivity contribution < 1.29 is 28.5 Å². The van der Waals surface area contributed by atoms with Crippen LogP contribution in [0.5, 0.6) is 0 Å². The van der Waals surface area contributed by atoms with Crippen LogP contribution in [-0.2, 0) is 7.05 Å². The summed E-state index contributed by atoms with van der Waals surface area (Å²) >= 11 is 0. The summed E-state index contributed by atoms with van der Waals surface area (Å²) in [6.45, 7) is 4.26. The van der Waals surface area contributed by atoms with E-state index in [2.05, 4.69) is 54.4 Å². The van der Waals surface area contributed by atoms with Crippen molar-refractivity contribution in [3.63, 3.8) is 0 Å². The number of aromatic nitrogens is 2. The molecule has 0 spiro atoms. The molecule has 70 valence electrons. The first-order valence-electron chi connectivity index (χ1n) is 4.13. The maximum Gasteiger partial charge on any atom is 0.202 e. The van der Waals surface area contributed by atoms with Crippen LogP contribution in [0.25, 0.3) is 5.52 Å². The van der Waals surface area contributed by atoms with Crippen LogP contribution >= 0.6 is 0 Å². The standard InChI is InChI=1S/C10H13N2.HI/c1-8-7-12-6-4-5-10(12)9(2)11(8)3;/h4-7H,1-3H3;1H/q+1;/p-1. The van der Waals surface area contributed by atoms with Crippen LogP contribution in [-0.4, -0.2) is 4.40 Å². The quantitative estimate of drug-likeness (QED) is 0.407. The Kier molecular flexibility index (Phi) is 2.95. The van der Waals surface area contributed by atoms with Crippen molar-refractivity contribution >= 4 is 5.52 Å². The third kappa shape index (κ3) is 1.57. The molecule has 0 aliphatic carbocycles. The lowest BCUT2D eigenvalue weighted by Crippen LogP contribution is -3.00. The first-order chi connectivity index (χ1) is 5.70. The Morgan fingerprint density at radius 2 is 2.00 bits per heavy atom. The van der Waals surface area contributed by atoms with Gasteiger partial charge >= 0.3 is 0 Å². The lowest BCUT2D eigenvalue weighted by Gasteiger charge is -2.00. The van der Waals surface area contributed by atoms with Gasteiger partial charge in [-0.3, -0.25) is 0 Å². The molecule has 0 radical (unpaired) electrons. The SMILES string of the molecule is Cc1cn2cccc2c(C)[n+]1C.[I-]. The first kappa shape index (κ1) is 10.5. The molecule has 0 bridgehead atoms. The van der Waals surface area contributed by atoms with Crippen molar-refractivity contribution in [2.24, 2.45) is 7.05 Å². The summed E-state index contributed by atoms with van der Waals surface area (Å²) < 4.78 is 4.36. The van der Waals surface area contributed by atoms with Crippen molar-refractivity contribution in [1.82, 2.24) is 4.40 Å². The van der Waals surface area contributed by atoms with E-state index in [1.54, 1.807) is 0 Å². The van der Waals surface area contributed by atoms with E-state index in [1.807, 2.05) is 0 Å². The smallest absolute Gasteiger partial charge is 0.202 e. The summed E-state index contributed by atoms with van der Waals surface area (Å²) in [7, 11) is 2.09. The lowest BCUT2D eigenvalue weighted by molar-refractivity contribution is -0.683. The van der Waals surface area contributed by atoms with E-state index in [1.165, 1.54) is 16.9 Å². The van der Waals surface area contributed by atoms with Gasteiger partial charge in [-0.1, -0.05) is 0 Å². The molecular weight excluding hydrogens is 275 g/mol. The number of halogens is 1. The topological polar surface area (TPSA) is 8.29 Å². The molecule has 0 amide bonds. The zero-order valence-electron chi connectivity index (χ0n) is 8.08. The van der Waals surface area contributed by atoms with Crippen LogP contribution in [0.2, 0.25) is 0 Å². The predicted molar refractivity (Wildman–Crippen MR) is 48.0 cm³/mol. The zero-order valence-corrected chi connectivity index (χ0v) is 10.2. The van der Waals surface area contributed by atoms with Gasteiger partial charge in [0.1, 0.15) is 12.6 Å². The third-order valence-electron chi connectivity index (χ3n) is 2.51. The molecule has 0 atom stereocenters. The van der Waals surface area contributed by atoms with E-state index in [0.29, 0.717) is 0 Å². The van der Waals surface area contributed by atoms with Gasteiger partial charge in [0.05, 0.1) is 6.20 Å². The minimum Gasteiger partial charge on any atom is -1.00 e. The van der Waals surface area contributed by atoms with Crippen molar-refractivity contribution in [1.29, 1.82) is 0 Å². The van der Waals surface area contributed by atoms with Gasteiger partial charge in [-0.2, -0.15) is 4.57 Å². The van der Waals surface area contributed by atoms with E-state index in [0.717, 1.165) is 0 Å². The molecule has 2 rings (SSSR count). The Balaban J connectivity index is 0.000000845. The van der Waals surface area contributed by atoms with Gasteiger partial charge in [-0.25, -0.2) is 0 Å². The van der Waals surface area contributed by atoms with Crippen molar-refractivity contribution in [3.8, 4) is 0 Å². The maximum atomic E-state index is 2.20. The molecule has 0 saturated carbocycles. The number of aryl methyl sites for hydroxylation is 2. The second kappa shape index (κ2) is 3.65. The van der Waals surface area contributed by atoms with E-state index in [-0.39, 0.29) is 24.0 Å². The molecule has 0 saturated heterocycles. The molecule has 0 N–H and O–H groups in total. The molecule has 2 nitrogen and oxygen atoms in total. The van der Waals surface area contributed by atoms with Gasteiger partial charge in [-0.05, 0) is 12.1 Å². The van der Waals surface area contributed by atoms with Crippen LogP contribution in [0.15, 0.2) is 24.5 Å². The highest BCUT2D eigenvalue weighted by molar-refractivity contribution is 5.49. The molecule has 2 aromatic heterocycles. The molecule has 13 heavy (non-hydrogen) atoms. The molecule has 0 aliphatic rings. The predicted octanol–water partition coefficient (Wildman–Crippen LogP) is -1.62. The molecule has 0 aliphatic heterocycles. The molecule has 2 aromatic rings. The molecule has 0 unspecified atom stereocenters. The second-order valence-electron chi connectivity index (χ2n) is 3.22. The highest BCUT2D eigenvalue weighted by atomic mass is 127. The summed E-state index contributed by atoms with van der Waals surface area (Å²) in [4.78, 5) is 0. The van der Waals surface area contributed by atoms with Crippen molar-refractivity contribution in [3.05, 3.63) is 35.9 Å². The van der Waals surface area contributed by atoms with Gasteiger partial charge in [0.25, 0.3) is 0 Å². The number of hydrogen-bond acceptors (Lipinski definition) is 0. The maximum absolute atomic E-state index is 2.20. The molecule has 2 heterocycles.